The van der Waals surface area contributed by atoms with Crippen LogP contribution in [0.5, 0.6) is 0 Å². The molecule has 104 valence electrons. The molecule has 0 radical (unpaired) electrons. The lowest BCUT2D eigenvalue weighted by Crippen LogP contribution is -2.29. The molecule has 0 aliphatic rings. The van der Waals surface area contributed by atoms with Crippen LogP contribution in [0.15, 0.2) is 18.3 Å². The van der Waals surface area contributed by atoms with Gasteiger partial charge in [-0.15, -0.1) is 0 Å². The number of carbonyl (C=O) groups is 2. The Bertz CT molecular complexity index is 442. The van der Waals surface area contributed by atoms with Gasteiger partial charge in [-0.3, -0.25) is 4.79 Å². The quantitative estimate of drug-likeness (QED) is 0.711. The molecule has 0 bridgehead atoms. The van der Waals surface area contributed by atoms with Gasteiger partial charge in [0.25, 0.3) is 5.91 Å². The number of aliphatic hydroxyl groups is 1. The molecule has 6 heteroatoms. The lowest BCUT2D eigenvalue weighted by atomic mass is 10.0. The fraction of sp³-hybridized carbons (Fsp3) is 0.462. The number of aromatic nitrogens is 1. The van der Waals surface area contributed by atoms with Crippen LogP contribution >= 0.6 is 0 Å². The van der Waals surface area contributed by atoms with Crippen LogP contribution in [0.25, 0.3) is 0 Å². The van der Waals surface area contributed by atoms with Gasteiger partial charge in [0, 0.05) is 12.7 Å². The third-order valence-electron chi connectivity index (χ3n) is 2.60. The average Bonchev–Trinajstić information content (AvgIpc) is 2.35. The van der Waals surface area contributed by atoms with Crippen LogP contribution in [0.2, 0.25) is 0 Å². The van der Waals surface area contributed by atoms with Crippen molar-refractivity contribution in [2.75, 3.05) is 6.54 Å². The van der Waals surface area contributed by atoms with Crippen LogP contribution in [0.1, 0.15) is 41.1 Å². The van der Waals surface area contributed by atoms with Crippen LogP contribution in [0.4, 0.5) is 0 Å². The molecular formula is C13H18N2O4. The Morgan fingerprint density at radius 3 is 2.53 bits per heavy atom. The van der Waals surface area contributed by atoms with Gasteiger partial charge in [-0.05, 0) is 31.4 Å². The highest BCUT2D eigenvalue weighted by Gasteiger charge is 2.11. The van der Waals surface area contributed by atoms with Crippen LogP contribution in [-0.2, 0) is 0 Å². The second kappa shape index (κ2) is 6.84. The van der Waals surface area contributed by atoms with E-state index in [0.717, 1.165) is 0 Å². The molecule has 6 nitrogen and oxygen atoms in total. The normalized spacial score (nSPS) is 13.6. The van der Waals surface area contributed by atoms with Crippen molar-refractivity contribution in [2.45, 2.75) is 26.4 Å². The van der Waals surface area contributed by atoms with Crippen molar-refractivity contribution in [3.8, 4) is 0 Å². The van der Waals surface area contributed by atoms with Gasteiger partial charge in [0.05, 0.1) is 11.7 Å². The first kappa shape index (κ1) is 15.1. The molecule has 0 aliphatic heterocycles. The smallest absolute Gasteiger partial charge is 0.354 e. The van der Waals surface area contributed by atoms with Crippen molar-refractivity contribution in [3.05, 3.63) is 29.6 Å². The van der Waals surface area contributed by atoms with Gasteiger partial charge in [-0.2, -0.15) is 0 Å². The zero-order chi connectivity index (χ0) is 14.4. The summed E-state index contributed by atoms with van der Waals surface area (Å²) in [5.74, 6) is -1.27. The minimum atomic E-state index is -1.13. The molecule has 1 heterocycles. The number of nitrogens with one attached hydrogen (secondary N) is 1. The van der Waals surface area contributed by atoms with Gasteiger partial charge >= 0.3 is 5.97 Å². The Balaban J connectivity index is 2.52. The summed E-state index contributed by atoms with van der Waals surface area (Å²) in [5.41, 5.74) is 0.216. The van der Waals surface area contributed by atoms with E-state index in [1.165, 1.54) is 18.3 Å². The summed E-state index contributed by atoms with van der Waals surface area (Å²) >= 11 is 0. The predicted molar refractivity (Wildman–Crippen MR) is 69.0 cm³/mol. The molecule has 1 aromatic heterocycles. The van der Waals surface area contributed by atoms with E-state index in [1.54, 1.807) is 6.92 Å². The maximum Gasteiger partial charge on any atom is 0.354 e. The molecule has 0 spiro atoms. The molecule has 0 fully saturated rings. The average molecular weight is 266 g/mol. The predicted octanol–water partition coefficient (Wildman–Crippen LogP) is 0.917. The first-order chi connectivity index (χ1) is 8.90. The summed E-state index contributed by atoms with van der Waals surface area (Å²) in [5, 5.41) is 20.6. The Morgan fingerprint density at radius 1 is 1.37 bits per heavy atom. The summed E-state index contributed by atoms with van der Waals surface area (Å²) in [6, 6.07) is 2.71. The molecule has 2 atom stereocenters. The number of carboxylic acids is 1. The maximum absolute atomic E-state index is 11.8. The number of hydrogen-bond acceptors (Lipinski definition) is 4. The van der Waals surface area contributed by atoms with E-state index in [-0.39, 0.29) is 17.5 Å². The lowest BCUT2D eigenvalue weighted by Gasteiger charge is -2.14. The minimum absolute atomic E-state index is 0.0981. The summed E-state index contributed by atoms with van der Waals surface area (Å²) in [4.78, 5) is 26.0. The first-order valence-electron chi connectivity index (χ1n) is 6.05. The summed E-state index contributed by atoms with van der Waals surface area (Å²) in [6.07, 6.45) is 1.44. The minimum Gasteiger partial charge on any atom is -0.477 e. The molecule has 0 saturated carbocycles. The Morgan fingerprint density at radius 2 is 2.05 bits per heavy atom. The van der Waals surface area contributed by atoms with Crippen LogP contribution in [0.3, 0.4) is 0 Å². The molecule has 0 saturated heterocycles. The molecule has 19 heavy (non-hydrogen) atoms. The number of hydrogen-bond donors (Lipinski definition) is 3. The number of rotatable bonds is 6. The van der Waals surface area contributed by atoms with E-state index in [0.29, 0.717) is 18.5 Å². The second-order valence-corrected chi connectivity index (χ2v) is 4.64. The van der Waals surface area contributed by atoms with Crippen LogP contribution < -0.4 is 5.32 Å². The fourth-order valence-electron chi connectivity index (χ4n) is 1.69. The highest BCUT2D eigenvalue weighted by molar-refractivity contribution is 5.94. The summed E-state index contributed by atoms with van der Waals surface area (Å²) in [7, 11) is 0. The topological polar surface area (TPSA) is 99.5 Å². The SMILES string of the molecule is CC(O)CC(C)CNC(=O)c1ccc(C(=O)O)nc1. The van der Waals surface area contributed by atoms with E-state index in [1.807, 2.05) is 6.92 Å². The number of carboxylic acid groups (broad SMARTS) is 1. The summed E-state index contributed by atoms with van der Waals surface area (Å²) in [6.45, 7) is 4.08. The maximum atomic E-state index is 11.8. The standard InChI is InChI=1S/C13H18N2O4/c1-8(5-9(2)16)6-15-12(17)10-3-4-11(13(18)19)14-7-10/h3-4,7-9,16H,5-6H2,1-2H3,(H,15,17)(H,18,19). The monoisotopic (exact) mass is 266 g/mol. The number of pyridine rings is 1. The molecule has 1 rings (SSSR count). The zero-order valence-corrected chi connectivity index (χ0v) is 11.0. The van der Waals surface area contributed by atoms with Crippen molar-refractivity contribution in [2.24, 2.45) is 5.92 Å². The van der Waals surface area contributed by atoms with Crippen molar-refractivity contribution < 1.29 is 19.8 Å². The number of carbonyl (C=O) groups excluding carboxylic acids is 1. The van der Waals surface area contributed by atoms with E-state index < -0.39 is 12.1 Å². The Labute approximate surface area is 111 Å². The third-order valence-corrected chi connectivity index (χ3v) is 2.60. The lowest BCUT2D eigenvalue weighted by molar-refractivity contribution is 0.0689. The van der Waals surface area contributed by atoms with Crippen molar-refractivity contribution in [1.29, 1.82) is 0 Å². The number of amides is 1. The number of aromatic carboxylic acids is 1. The Hall–Kier alpha value is -1.95. The molecule has 2 unspecified atom stereocenters. The molecule has 0 aromatic carbocycles. The second-order valence-electron chi connectivity index (χ2n) is 4.64. The van der Waals surface area contributed by atoms with Gasteiger partial charge < -0.3 is 15.5 Å². The molecular weight excluding hydrogens is 248 g/mol. The van der Waals surface area contributed by atoms with E-state index in [2.05, 4.69) is 10.3 Å². The Kier molecular flexibility index (Phi) is 5.44. The van der Waals surface area contributed by atoms with Crippen molar-refractivity contribution in [1.82, 2.24) is 10.3 Å². The van der Waals surface area contributed by atoms with Crippen molar-refractivity contribution in [3.63, 3.8) is 0 Å². The number of aliphatic hydroxyl groups excluding tert-OH is 1. The number of nitrogens with zero attached hydrogens (tertiary/aromatic N) is 1. The van der Waals surface area contributed by atoms with E-state index in [4.69, 9.17) is 5.11 Å². The van der Waals surface area contributed by atoms with Crippen molar-refractivity contribution >= 4 is 11.9 Å². The van der Waals surface area contributed by atoms with Gasteiger partial charge in [0.15, 0.2) is 0 Å². The third kappa shape index (κ3) is 5.05. The summed E-state index contributed by atoms with van der Waals surface area (Å²) < 4.78 is 0. The molecule has 0 aliphatic carbocycles. The van der Waals surface area contributed by atoms with Crippen LogP contribution in [-0.4, -0.2) is 39.7 Å². The van der Waals surface area contributed by atoms with E-state index >= 15 is 0 Å². The van der Waals surface area contributed by atoms with Gasteiger partial charge in [-0.25, -0.2) is 9.78 Å². The largest absolute Gasteiger partial charge is 0.477 e. The van der Waals surface area contributed by atoms with E-state index in [9.17, 15) is 14.7 Å². The highest BCUT2D eigenvalue weighted by atomic mass is 16.4. The van der Waals surface area contributed by atoms with Gasteiger partial charge in [0.1, 0.15) is 5.69 Å². The van der Waals surface area contributed by atoms with Gasteiger partial charge in [-0.1, -0.05) is 6.92 Å². The zero-order valence-electron chi connectivity index (χ0n) is 11.0. The molecule has 1 amide bonds. The highest BCUT2D eigenvalue weighted by Crippen LogP contribution is 2.05. The first-order valence-corrected chi connectivity index (χ1v) is 6.05. The molecule has 3 N–H and O–H groups in total. The van der Waals surface area contributed by atoms with Gasteiger partial charge in [0.2, 0.25) is 0 Å². The fourth-order valence-corrected chi connectivity index (χ4v) is 1.69. The molecule has 1 aromatic rings. The van der Waals surface area contributed by atoms with Crippen LogP contribution in [0, 0.1) is 5.92 Å².